The highest BCUT2D eigenvalue weighted by Gasteiger charge is 2.23. The van der Waals surface area contributed by atoms with E-state index in [2.05, 4.69) is 53.1 Å². The Morgan fingerprint density at radius 2 is 1.54 bits per heavy atom. The van der Waals surface area contributed by atoms with E-state index in [-0.39, 0.29) is 0 Å². The maximum atomic E-state index is 6.18. The Bertz CT molecular complexity index is 1120. The molecule has 142 valence electrons. The van der Waals surface area contributed by atoms with Gasteiger partial charge in [0, 0.05) is 41.4 Å². The van der Waals surface area contributed by atoms with Gasteiger partial charge in [0.05, 0.1) is 17.4 Å². The zero-order valence-corrected chi connectivity index (χ0v) is 16.2. The minimum atomic E-state index is 0.733. The second-order valence-electron chi connectivity index (χ2n) is 7.00. The number of rotatable bonds is 6. The van der Waals surface area contributed by atoms with Crippen LogP contribution in [0.15, 0.2) is 66.7 Å². The fourth-order valence-electron chi connectivity index (χ4n) is 3.87. The van der Waals surface area contributed by atoms with E-state index in [0.717, 1.165) is 54.2 Å². The standard InChI is InChI=1S/C24H25N3O/c1-2-28-14-6-13-27-23-16-19(26)10-12-21(23)20-11-9-18(25)15-22(20)24(27)17-7-4-3-5-8-17/h3-5,7-12,15-16,26H,2,6,13-14,25H2,1H3/p+1. The summed E-state index contributed by atoms with van der Waals surface area (Å²) in [6.07, 6.45) is 0.927. The second kappa shape index (κ2) is 7.87. The molecule has 0 amide bonds. The summed E-state index contributed by atoms with van der Waals surface area (Å²) in [5.41, 5.74) is 17.3. The smallest absolute Gasteiger partial charge is 0.220 e. The van der Waals surface area contributed by atoms with Crippen LogP contribution in [0.1, 0.15) is 13.3 Å². The van der Waals surface area contributed by atoms with E-state index in [1.54, 1.807) is 0 Å². The molecule has 4 N–H and O–H groups in total. The van der Waals surface area contributed by atoms with Gasteiger partial charge in [-0.3, -0.25) is 0 Å². The van der Waals surface area contributed by atoms with Gasteiger partial charge in [-0.2, -0.15) is 4.57 Å². The van der Waals surface area contributed by atoms with Crippen LogP contribution in [-0.4, -0.2) is 13.2 Å². The Labute approximate surface area is 165 Å². The topological polar surface area (TPSA) is 65.1 Å². The summed E-state index contributed by atoms with van der Waals surface area (Å²) in [5.74, 6) is 0. The SMILES string of the molecule is CCOCCC[n+]1c(-c2ccccc2)c2cc(N)ccc2c2ccc(N)cc21. The Balaban J connectivity index is 2.06. The number of hydrogen-bond acceptors (Lipinski definition) is 3. The molecule has 0 bridgehead atoms. The molecule has 3 aromatic carbocycles. The van der Waals surface area contributed by atoms with Gasteiger partial charge in [0.2, 0.25) is 11.2 Å². The Kier molecular flexibility index (Phi) is 5.13. The first-order valence-corrected chi connectivity index (χ1v) is 9.76. The molecule has 0 saturated carbocycles. The highest BCUT2D eigenvalue weighted by atomic mass is 16.5. The molecule has 0 aliphatic carbocycles. The molecule has 0 radical (unpaired) electrons. The molecule has 1 heterocycles. The van der Waals surface area contributed by atoms with E-state index in [1.807, 2.05) is 25.1 Å². The number of nitrogens with zero attached hydrogens (tertiary/aromatic N) is 1. The van der Waals surface area contributed by atoms with Crippen molar-refractivity contribution in [2.75, 3.05) is 24.7 Å². The van der Waals surface area contributed by atoms with Crippen LogP contribution < -0.4 is 16.0 Å². The summed E-state index contributed by atoms with van der Waals surface area (Å²) in [4.78, 5) is 0. The molecule has 4 rings (SSSR count). The van der Waals surface area contributed by atoms with Crippen molar-refractivity contribution in [1.82, 2.24) is 0 Å². The highest BCUT2D eigenvalue weighted by molar-refractivity contribution is 6.10. The van der Waals surface area contributed by atoms with E-state index in [9.17, 15) is 0 Å². The molecular weight excluding hydrogens is 346 g/mol. The number of aromatic nitrogens is 1. The molecule has 0 saturated heterocycles. The Morgan fingerprint density at radius 1 is 0.821 bits per heavy atom. The van der Waals surface area contributed by atoms with Crippen LogP contribution in [0.25, 0.3) is 32.9 Å². The van der Waals surface area contributed by atoms with E-state index in [4.69, 9.17) is 16.2 Å². The molecule has 0 aliphatic heterocycles. The molecule has 0 unspecified atom stereocenters. The fraction of sp³-hybridized carbons (Fsp3) is 0.208. The average molecular weight is 372 g/mol. The van der Waals surface area contributed by atoms with Gasteiger partial charge in [-0.05, 0) is 43.3 Å². The third kappa shape index (κ3) is 3.39. The number of benzene rings is 3. The van der Waals surface area contributed by atoms with Gasteiger partial charge in [-0.15, -0.1) is 0 Å². The lowest BCUT2D eigenvalue weighted by Crippen LogP contribution is -2.38. The average Bonchev–Trinajstić information content (AvgIpc) is 2.71. The number of fused-ring (bicyclic) bond motifs is 3. The minimum absolute atomic E-state index is 0.733. The number of ether oxygens (including phenoxy) is 1. The zero-order chi connectivity index (χ0) is 19.5. The number of hydrogen-bond donors (Lipinski definition) is 2. The van der Waals surface area contributed by atoms with Crippen LogP contribution in [0.5, 0.6) is 0 Å². The lowest BCUT2D eigenvalue weighted by Gasteiger charge is -2.13. The first kappa shape index (κ1) is 18.3. The zero-order valence-electron chi connectivity index (χ0n) is 16.2. The number of nitrogens with two attached hydrogens (primary N) is 2. The molecule has 4 nitrogen and oxygen atoms in total. The molecule has 0 spiro atoms. The number of nitrogen functional groups attached to an aromatic ring is 2. The molecule has 4 heteroatoms. The van der Waals surface area contributed by atoms with Crippen molar-refractivity contribution < 1.29 is 9.30 Å². The maximum Gasteiger partial charge on any atom is 0.220 e. The van der Waals surface area contributed by atoms with Crippen molar-refractivity contribution in [3.05, 3.63) is 66.7 Å². The van der Waals surface area contributed by atoms with Crippen molar-refractivity contribution in [1.29, 1.82) is 0 Å². The van der Waals surface area contributed by atoms with Gasteiger partial charge in [-0.25, -0.2) is 0 Å². The first-order chi connectivity index (χ1) is 13.7. The molecule has 0 fully saturated rings. The van der Waals surface area contributed by atoms with E-state index >= 15 is 0 Å². The summed E-state index contributed by atoms with van der Waals surface area (Å²) >= 11 is 0. The van der Waals surface area contributed by atoms with E-state index < -0.39 is 0 Å². The van der Waals surface area contributed by atoms with Crippen molar-refractivity contribution in [3.63, 3.8) is 0 Å². The summed E-state index contributed by atoms with van der Waals surface area (Å²) in [6.45, 7) is 4.33. The monoisotopic (exact) mass is 372 g/mol. The van der Waals surface area contributed by atoms with Crippen molar-refractivity contribution in [2.45, 2.75) is 19.9 Å². The van der Waals surface area contributed by atoms with Gasteiger partial charge in [0.15, 0.2) is 6.54 Å². The van der Waals surface area contributed by atoms with Crippen molar-refractivity contribution in [3.8, 4) is 11.3 Å². The highest BCUT2D eigenvalue weighted by Crippen LogP contribution is 2.33. The van der Waals surface area contributed by atoms with Crippen LogP contribution in [0.4, 0.5) is 11.4 Å². The van der Waals surface area contributed by atoms with Gasteiger partial charge >= 0.3 is 0 Å². The predicted molar refractivity (Wildman–Crippen MR) is 117 cm³/mol. The maximum absolute atomic E-state index is 6.18. The second-order valence-corrected chi connectivity index (χ2v) is 7.00. The molecule has 0 aliphatic rings. The number of aryl methyl sites for hydroxylation is 1. The molecular formula is C24H26N3O+. The van der Waals surface area contributed by atoms with Gasteiger partial charge in [0.1, 0.15) is 0 Å². The van der Waals surface area contributed by atoms with Gasteiger partial charge < -0.3 is 16.2 Å². The van der Waals surface area contributed by atoms with Crippen LogP contribution in [0, 0.1) is 0 Å². The van der Waals surface area contributed by atoms with E-state index in [1.165, 1.54) is 16.3 Å². The Morgan fingerprint density at radius 3 is 2.29 bits per heavy atom. The molecule has 28 heavy (non-hydrogen) atoms. The van der Waals surface area contributed by atoms with Gasteiger partial charge in [0.25, 0.3) is 0 Å². The Hall–Kier alpha value is -3.11. The molecule has 4 aromatic rings. The van der Waals surface area contributed by atoms with Gasteiger partial charge in [-0.1, -0.05) is 24.3 Å². The van der Waals surface area contributed by atoms with Crippen molar-refractivity contribution in [2.24, 2.45) is 0 Å². The van der Waals surface area contributed by atoms with Crippen LogP contribution in [0.3, 0.4) is 0 Å². The van der Waals surface area contributed by atoms with Crippen molar-refractivity contribution >= 4 is 33.1 Å². The number of pyridine rings is 1. The first-order valence-electron chi connectivity index (χ1n) is 9.76. The normalized spacial score (nSPS) is 11.3. The summed E-state index contributed by atoms with van der Waals surface area (Å²) in [7, 11) is 0. The summed E-state index contributed by atoms with van der Waals surface area (Å²) in [5, 5.41) is 3.52. The summed E-state index contributed by atoms with van der Waals surface area (Å²) < 4.78 is 7.95. The van der Waals surface area contributed by atoms with Crippen LogP contribution in [0.2, 0.25) is 0 Å². The molecule has 0 atom stereocenters. The third-order valence-electron chi connectivity index (χ3n) is 5.09. The summed E-state index contributed by atoms with van der Waals surface area (Å²) in [6, 6.07) is 22.8. The third-order valence-corrected chi connectivity index (χ3v) is 5.09. The van der Waals surface area contributed by atoms with Crippen LogP contribution >= 0.6 is 0 Å². The quantitative estimate of drug-likeness (QED) is 0.226. The lowest BCUT2D eigenvalue weighted by molar-refractivity contribution is -0.660. The largest absolute Gasteiger partial charge is 0.399 e. The predicted octanol–water partition coefficient (Wildman–Crippen LogP) is 4.54. The molecule has 1 aromatic heterocycles. The van der Waals surface area contributed by atoms with Crippen LogP contribution in [-0.2, 0) is 11.3 Å². The minimum Gasteiger partial charge on any atom is -0.399 e. The fourth-order valence-corrected chi connectivity index (χ4v) is 3.87. The lowest BCUT2D eigenvalue weighted by atomic mass is 9.98. The number of anilines is 2. The van der Waals surface area contributed by atoms with E-state index in [0.29, 0.717) is 0 Å².